The molecule has 0 aliphatic carbocycles. The molecule has 1 saturated heterocycles. The van der Waals surface area contributed by atoms with Crippen LogP contribution in [0.5, 0.6) is 0 Å². The quantitative estimate of drug-likeness (QED) is 0.774. The van der Waals surface area contributed by atoms with Gasteiger partial charge in [0, 0.05) is 32.7 Å². The Labute approximate surface area is 152 Å². The number of carbonyl (C=O) groups is 1. The van der Waals surface area contributed by atoms with Gasteiger partial charge < -0.3 is 5.32 Å². The van der Waals surface area contributed by atoms with E-state index < -0.39 is 5.54 Å². The number of nitrogens with one attached hydrogen (secondary N) is 1. The molecule has 0 aromatic heterocycles. The summed E-state index contributed by atoms with van der Waals surface area (Å²) in [5, 5.41) is 3.05. The van der Waals surface area contributed by atoms with Crippen molar-refractivity contribution < 1.29 is 4.79 Å². The highest BCUT2D eigenvalue weighted by Crippen LogP contribution is 2.14. The van der Waals surface area contributed by atoms with Gasteiger partial charge in [-0.05, 0) is 25.3 Å². The number of piperazine rings is 1. The lowest BCUT2D eigenvalue weighted by atomic mass is 9.94. The molecule has 1 N–H and O–H groups in total. The van der Waals surface area contributed by atoms with Crippen LogP contribution in [0, 0.1) is 19.3 Å². The Hall–Kier alpha value is -1.83. The Morgan fingerprint density at radius 2 is 1.84 bits per heavy atom. The third-order valence-corrected chi connectivity index (χ3v) is 5.18. The minimum absolute atomic E-state index is 0.0359. The lowest BCUT2D eigenvalue weighted by molar-refractivity contribution is -0.124. The summed E-state index contributed by atoms with van der Waals surface area (Å²) in [7, 11) is 0. The second-order valence-corrected chi connectivity index (χ2v) is 7.02. The van der Waals surface area contributed by atoms with Crippen LogP contribution in [0.15, 0.2) is 24.3 Å². The van der Waals surface area contributed by atoms with E-state index in [1.807, 2.05) is 13.8 Å². The Bertz CT molecular complexity index is 608. The first-order chi connectivity index (χ1) is 12.0. The zero-order valence-corrected chi connectivity index (χ0v) is 15.8. The van der Waals surface area contributed by atoms with Gasteiger partial charge in [0.15, 0.2) is 0 Å². The number of hydrogen-bond acceptors (Lipinski definition) is 3. The second kappa shape index (κ2) is 9.03. The Kier molecular flexibility index (Phi) is 7.04. The average Bonchev–Trinajstić information content (AvgIpc) is 2.61. The van der Waals surface area contributed by atoms with Gasteiger partial charge >= 0.3 is 0 Å². The SMILES string of the molecule is C#CC(CC)(CC)NC(=O)CN1CCN(Cc2cccc(C)c2)CC1. The lowest BCUT2D eigenvalue weighted by Crippen LogP contribution is -2.53. The van der Waals surface area contributed by atoms with Gasteiger partial charge in [-0.25, -0.2) is 0 Å². The highest BCUT2D eigenvalue weighted by Gasteiger charge is 2.27. The predicted molar refractivity (Wildman–Crippen MR) is 103 cm³/mol. The van der Waals surface area contributed by atoms with Crippen LogP contribution in [-0.2, 0) is 11.3 Å². The van der Waals surface area contributed by atoms with Crippen LogP contribution in [0.25, 0.3) is 0 Å². The van der Waals surface area contributed by atoms with E-state index in [9.17, 15) is 4.79 Å². The molecule has 1 aromatic carbocycles. The average molecular weight is 341 g/mol. The van der Waals surface area contributed by atoms with Crippen LogP contribution in [0.3, 0.4) is 0 Å². The number of nitrogens with zero attached hydrogens (tertiary/aromatic N) is 2. The first-order valence-corrected chi connectivity index (χ1v) is 9.29. The Morgan fingerprint density at radius 3 is 2.40 bits per heavy atom. The summed E-state index contributed by atoms with van der Waals surface area (Å²) in [6.07, 6.45) is 7.15. The largest absolute Gasteiger partial charge is 0.339 e. The monoisotopic (exact) mass is 341 g/mol. The molecule has 1 aliphatic rings. The van der Waals surface area contributed by atoms with Gasteiger partial charge in [-0.2, -0.15) is 0 Å². The van der Waals surface area contributed by atoms with Crippen molar-refractivity contribution in [1.82, 2.24) is 15.1 Å². The Morgan fingerprint density at radius 1 is 1.20 bits per heavy atom. The molecular formula is C21H31N3O. The minimum atomic E-state index is -0.496. The molecule has 1 amide bonds. The molecular weight excluding hydrogens is 310 g/mol. The summed E-state index contributed by atoms with van der Waals surface area (Å²) in [5.41, 5.74) is 2.16. The van der Waals surface area contributed by atoms with E-state index in [2.05, 4.69) is 52.2 Å². The fraction of sp³-hybridized carbons (Fsp3) is 0.571. The molecule has 0 unspecified atom stereocenters. The predicted octanol–water partition coefficient (Wildman–Crippen LogP) is 2.42. The van der Waals surface area contributed by atoms with Gasteiger partial charge in [-0.1, -0.05) is 49.6 Å². The number of amides is 1. The van der Waals surface area contributed by atoms with Crippen LogP contribution < -0.4 is 5.32 Å². The molecule has 0 radical (unpaired) electrons. The molecule has 1 fully saturated rings. The molecule has 1 aliphatic heterocycles. The van der Waals surface area contributed by atoms with E-state index in [-0.39, 0.29) is 5.91 Å². The number of rotatable bonds is 7. The van der Waals surface area contributed by atoms with Crippen molar-refractivity contribution in [1.29, 1.82) is 0 Å². The van der Waals surface area contributed by atoms with Crippen molar-refractivity contribution in [2.24, 2.45) is 0 Å². The smallest absolute Gasteiger partial charge is 0.235 e. The first-order valence-electron chi connectivity index (χ1n) is 9.29. The second-order valence-electron chi connectivity index (χ2n) is 7.02. The van der Waals surface area contributed by atoms with Gasteiger partial charge in [0.25, 0.3) is 0 Å². The van der Waals surface area contributed by atoms with E-state index >= 15 is 0 Å². The molecule has 4 heteroatoms. The number of hydrogen-bond donors (Lipinski definition) is 1. The summed E-state index contributed by atoms with van der Waals surface area (Å²) in [6, 6.07) is 8.67. The third-order valence-electron chi connectivity index (χ3n) is 5.18. The fourth-order valence-electron chi connectivity index (χ4n) is 3.35. The van der Waals surface area contributed by atoms with E-state index in [1.165, 1.54) is 11.1 Å². The molecule has 1 heterocycles. The van der Waals surface area contributed by atoms with Crippen molar-refractivity contribution in [2.45, 2.75) is 45.7 Å². The summed E-state index contributed by atoms with van der Waals surface area (Å²) >= 11 is 0. The maximum atomic E-state index is 12.4. The van der Waals surface area contributed by atoms with E-state index in [1.54, 1.807) is 0 Å². The standard InChI is InChI=1S/C21H31N3O/c1-5-21(6-2,7-3)22-20(25)17-24-13-11-23(12-14-24)16-19-10-8-9-18(4)15-19/h1,8-10,15H,6-7,11-14,16-17H2,2-4H3,(H,22,25). The Balaban J connectivity index is 1.78. The summed E-state index contributed by atoms with van der Waals surface area (Å²) in [6.45, 7) is 11.4. The molecule has 1 aromatic rings. The molecule has 0 spiro atoms. The van der Waals surface area contributed by atoms with Gasteiger partial charge in [-0.3, -0.25) is 14.6 Å². The number of carbonyl (C=O) groups excluding carboxylic acids is 1. The summed E-state index contributed by atoms with van der Waals surface area (Å²) in [5.74, 6) is 2.80. The van der Waals surface area contributed by atoms with Crippen molar-refractivity contribution in [3.05, 3.63) is 35.4 Å². The molecule has 2 rings (SSSR count). The maximum absolute atomic E-state index is 12.4. The minimum Gasteiger partial charge on any atom is -0.339 e. The van der Waals surface area contributed by atoms with Crippen LogP contribution in [0.2, 0.25) is 0 Å². The molecule has 0 bridgehead atoms. The first kappa shape index (κ1) is 19.5. The number of aryl methyl sites for hydroxylation is 1. The van der Waals surface area contributed by atoms with Gasteiger partial charge in [-0.15, -0.1) is 6.42 Å². The van der Waals surface area contributed by atoms with Crippen molar-refractivity contribution in [3.8, 4) is 12.3 Å². The summed E-state index contributed by atoms with van der Waals surface area (Å²) < 4.78 is 0. The number of benzene rings is 1. The zero-order chi connectivity index (χ0) is 18.3. The van der Waals surface area contributed by atoms with E-state index in [0.29, 0.717) is 6.54 Å². The van der Waals surface area contributed by atoms with Crippen LogP contribution in [0.1, 0.15) is 37.8 Å². The highest BCUT2D eigenvalue weighted by molar-refractivity contribution is 5.79. The van der Waals surface area contributed by atoms with Crippen LogP contribution in [-0.4, -0.2) is 54.0 Å². The molecule has 4 nitrogen and oxygen atoms in total. The van der Waals surface area contributed by atoms with Gasteiger partial charge in [0.2, 0.25) is 5.91 Å². The number of terminal acetylenes is 1. The lowest BCUT2D eigenvalue weighted by Gasteiger charge is -2.35. The van der Waals surface area contributed by atoms with E-state index in [0.717, 1.165) is 45.6 Å². The van der Waals surface area contributed by atoms with Crippen molar-refractivity contribution in [2.75, 3.05) is 32.7 Å². The third kappa shape index (κ3) is 5.59. The molecule has 136 valence electrons. The topological polar surface area (TPSA) is 35.6 Å². The van der Waals surface area contributed by atoms with Gasteiger partial charge in [0.05, 0.1) is 6.54 Å². The maximum Gasteiger partial charge on any atom is 0.235 e. The van der Waals surface area contributed by atoms with Crippen LogP contribution >= 0.6 is 0 Å². The van der Waals surface area contributed by atoms with Crippen LogP contribution in [0.4, 0.5) is 0 Å². The molecule has 25 heavy (non-hydrogen) atoms. The van der Waals surface area contributed by atoms with Gasteiger partial charge in [0.1, 0.15) is 5.54 Å². The van der Waals surface area contributed by atoms with Crippen molar-refractivity contribution in [3.63, 3.8) is 0 Å². The molecule has 0 saturated carbocycles. The molecule has 0 atom stereocenters. The fourth-order valence-corrected chi connectivity index (χ4v) is 3.35. The summed E-state index contributed by atoms with van der Waals surface area (Å²) in [4.78, 5) is 17.0. The van der Waals surface area contributed by atoms with Crippen molar-refractivity contribution >= 4 is 5.91 Å². The van der Waals surface area contributed by atoms with E-state index in [4.69, 9.17) is 6.42 Å². The zero-order valence-electron chi connectivity index (χ0n) is 15.8. The normalized spacial score (nSPS) is 16.4. The highest BCUT2D eigenvalue weighted by atomic mass is 16.2.